The number of ether oxygens (including phenoxy) is 2. The van der Waals surface area contributed by atoms with Gasteiger partial charge in [0.25, 0.3) is 10.0 Å². The first-order chi connectivity index (χ1) is 19.7. The molecule has 0 unspecified atom stereocenters. The van der Waals surface area contributed by atoms with E-state index >= 15 is 0 Å². The molecule has 0 heterocycles. The van der Waals surface area contributed by atoms with Gasteiger partial charge in [0.1, 0.15) is 24.1 Å². The lowest BCUT2D eigenvalue weighted by Crippen LogP contribution is -2.52. The van der Waals surface area contributed by atoms with E-state index < -0.39 is 28.5 Å². The largest absolute Gasteiger partial charge is 0.497 e. The van der Waals surface area contributed by atoms with Crippen molar-refractivity contribution in [2.45, 2.75) is 44.0 Å². The summed E-state index contributed by atoms with van der Waals surface area (Å²) in [5.41, 5.74) is 1.14. The number of benzene rings is 3. The Morgan fingerprint density at radius 1 is 0.927 bits per heavy atom. The summed E-state index contributed by atoms with van der Waals surface area (Å²) in [6.45, 7) is 3.85. The molecule has 0 bridgehead atoms. The highest BCUT2D eigenvalue weighted by atomic mass is 32.2. The van der Waals surface area contributed by atoms with Crippen molar-refractivity contribution in [3.8, 4) is 11.5 Å². The van der Waals surface area contributed by atoms with Crippen LogP contribution in [-0.2, 0) is 26.0 Å². The number of hydrogen-bond acceptors (Lipinski definition) is 6. The fraction of sp³-hybridized carbons (Fsp3) is 0.355. The van der Waals surface area contributed by atoms with E-state index in [2.05, 4.69) is 5.32 Å². The lowest BCUT2D eigenvalue weighted by Gasteiger charge is -2.32. The maximum absolute atomic E-state index is 14.0. The van der Waals surface area contributed by atoms with Crippen LogP contribution in [0.4, 0.5) is 5.69 Å². The van der Waals surface area contributed by atoms with Gasteiger partial charge in [-0.15, -0.1) is 0 Å². The lowest BCUT2D eigenvalue weighted by atomic mass is 10.1. The summed E-state index contributed by atoms with van der Waals surface area (Å²) in [6, 6.07) is 21.4. The average Bonchev–Trinajstić information content (AvgIpc) is 3.00. The van der Waals surface area contributed by atoms with Gasteiger partial charge in [0, 0.05) is 19.2 Å². The quantitative estimate of drug-likeness (QED) is 0.269. The van der Waals surface area contributed by atoms with Gasteiger partial charge in [0.15, 0.2) is 0 Å². The zero-order chi connectivity index (χ0) is 29.8. The molecule has 3 aromatic carbocycles. The Morgan fingerprint density at radius 3 is 2.20 bits per heavy atom. The average molecular weight is 582 g/mol. The maximum Gasteiger partial charge on any atom is 0.264 e. The van der Waals surface area contributed by atoms with Crippen LogP contribution < -0.4 is 19.1 Å². The molecule has 10 heteroatoms. The predicted octanol–water partition coefficient (Wildman–Crippen LogP) is 4.28. The standard InChI is InChI=1S/C31H39N3O6S/c1-5-6-20-32-31(36)24(2)33(21-19-25-13-9-7-10-14-25)30(35)23-34(41(37,38)27-15-11-8-12-16-27)28-22-26(39-3)17-18-29(28)40-4/h7-18,22,24H,5-6,19-21,23H2,1-4H3,(H,32,36)/t24-/m0/s1. The van der Waals surface area contributed by atoms with Gasteiger partial charge in [-0.25, -0.2) is 8.42 Å². The summed E-state index contributed by atoms with van der Waals surface area (Å²) < 4.78 is 39.9. The molecule has 0 aliphatic rings. The van der Waals surface area contributed by atoms with Crippen LogP contribution in [0.3, 0.4) is 0 Å². The first-order valence-electron chi connectivity index (χ1n) is 13.6. The molecule has 0 saturated carbocycles. The van der Waals surface area contributed by atoms with Crippen molar-refractivity contribution in [1.29, 1.82) is 0 Å². The van der Waals surface area contributed by atoms with E-state index in [1.54, 1.807) is 37.3 Å². The summed E-state index contributed by atoms with van der Waals surface area (Å²) in [5.74, 6) is -0.176. The van der Waals surface area contributed by atoms with Crippen molar-refractivity contribution in [3.05, 3.63) is 84.4 Å². The molecular formula is C31H39N3O6S. The number of sulfonamides is 1. The highest BCUT2D eigenvalue weighted by Crippen LogP contribution is 2.35. The van der Waals surface area contributed by atoms with Gasteiger partial charge in [-0.05, 0) is 49.6 Å². The Kier molecular flexibility index (Phi) is 11.6. The van der Waals surface area contributed by atoms with E-state index in [9.17, 15) is 18.0 Å². The Morgan fingerprint density at radius 2 is 1.59 bits per heavy atom. The molecule has 9 nitrogen and oxygen atoms in total. The topological polar surface area (TPSA) is 105 Å². The molecule has 3 rings (SSSR count). The third kappa shape index (κ3) is 8.23. The van der Waals surface area contributed by atoms with E-state index in [0.717, 1.165) is 22.7 Å². The zero-order valence-corrected chi connectivity index (χ0v) is 24.9. The van der Waals surface area contributed by atoms with Gasteiger partial charge >= 0.3 is 0 Å². The molecular weight excluding hydrogens is 542 g/mol. The zero-order valence-electron chi connectivity index (χ0n) is 24.1. The van der Waals surface area contributed by atoms with Crippen LogP contribution >= 0.6 is 0 Å². The van der Waals surface area contributed by atoms with Crippen LogP contribution in [0, 0.1) is 0 Å². The molecule has 41 heavy (non-hydrogen) atoms. The SMILES string of the molecule is CCCCNC(=O)[C@H](C)N(CCc1ccccc1)C(=O)CN(c1cc(OC)ccc1OC)S(=O)(=O)c1ccccc1. The monoisotopic (exact) mass is 581 g/mol. The summed E-state index contributed by atoms with van der Waals surface area (Å²) in [4.78, 5) is 28.5. The minimum atomic E-state index is -4.22. The fourth-order valence-electron chi connectivity index (χ4n) is 4.33. The van der Waals surface area contributed by atoms with Crippen molar-refractivity contribution in [2.75, 3.05) is 38.2 Å². The van der Waals surface area contributed by atoms with E-state index in [1.807, 2.05) is 37.3 Å². The summed E-state index contributed by atoms with van der Waals surface area (Å²) in [7, 11) is -1.33. The lowest BCUT2D eigenvalue weighted by molar-refractivity contribution is -0.138. The maximum atomic E-state index is 14.0. The molecule has 0 saturated heterocycles. The fourth-order valence-corrected chi connectivity index (χ4v) is 5.77. The number of amides is 2. The van der Waals surface area contributed by atoms with Gasteiger partial charge < -0.3 is 19.7 Å². The molecule has 0 spiro atoms. The van der Waals surface area contributed by atoms with Crippen molar-refractivity contribution < 1.29 is 27.5 Å². The molecule has 0 aliphatic carbocycles. The number of carbonyl (C=O) groups is 2. The molecule has 220 valence electrons. The van der Waals surface area contributed by atoms with Crippen LogP contribution in [0.1, 0.15) is 32.3 Å². The Hall–Kier alpha value is -4.05. The molecule has 2 amide bonds. The van der Waals surface area contributed by atoms with E-state index in [1.165, 1.54) is 37.3 Å². The van der Waals surface area contributed by atoms with Crippen molar-refractivity contribution in [2.24, 2.45) is 0 Å². The predicted molar refractivity (Wildman–Crippen MR) is 160 cm³/mol. The molecule has 0 fully saturated rings. The smallest absolute Gasteiger partial charge is 0.264 e. The Labute approximate surface area is 243 Å². The number of nitrogens with one attached hydrogen (secondary N) is 1. The molecule has 0 aromatic heterocycles. The first kappa shape index (κ1) is 31.5. The Balaban J connectivity index is 2.02. The van der Waals surface area contributed by atoms with Crippen molar-refractivity contribution >= 4 is 27.5 Å². The molecule has 0 radical (unpaired) electrons. The van der Waals surface area contributed by atoms with Crippen LogP contribution in [0.5, 0.6) is 11.5 Å². The van der Waals surface area contributed by atoms with Gasteiger partial charge in [0.2, 0.25) is 11.8 Å². The third-order valence-electron chi connectivity index (χ3n) is 6.75. The number of hydrogen-bond donors (Lipinski definition) is 1. The number of rotatable bonds is 15. The van der Waals surface area contributed by atoms with Crippen molar-refractivity contribution in [1.82, 2.24) is 10.2 Å². The third-order valence-corrected chi connectivity index (χ3v) is 8.52. The van der Waals surface area contributed by atoms with E-state index in [0.29, 0.717) is 18.7 Å². The van der Waals surface area contributed by atoms with Crippen molar-refractivity contribution in [3.63, 3.8) is 0 Å². The van der Waals surface area contributed by atoms with E-state index in [4.69, 9.17) is 9.47 Å². The molecule has 1 N–H and O–H groups in total. The number of methoxy groups -OCH3 is 2. The van der Waals surface area contributed by atoms with Gasteiger partial charge in [-0.1, -0.05) is 61.9 Å². The van der Waals surface area contributed by atoms with Gasteiger partial charge in [0.05, 0.1) is 24.8 Å². The van der Waals surface area contributed by atoms with Gasteiger partial charge in [-0.3, -0.25) is 13.9 Å². The number of nitrogens with zero attached hydrogens (tertiary/aromatic N) is 2. The summed E-state index contributed by atoms with van der Waals surface area (Å²) in [6.07, 6.45) is 2.22. The molecule has 3 aromatic rings. The second kappa shape index (κ2) is 15.1. The summed E-state index contributed by atoms with van der Waals surface area (Å²) >= 11 is 0. The minimum Gasteiger partial charge on any atom is -0.497 e. The molecule has 0 aliphatic heterocycles. The highest BCUT2D eigenvalue weighted by Gasteiger charge is 2.33. The van der Waals surface area contributed by atoms with Crippen LogP contribution in [-0.4, -0.2) is 65.0 Å². The Bertz CT molecular complexity index is 1380. The highest BCUT2D eigenvalue weighted by molar-refractivity contribution is 7.92. The second-order valence-electron chi connectivity index (χ2n) is 9.51. The van der Waals surface area contributed by atoms with Crippen LogP contribution in [0.15, 0.2) is 83.8 Å². The number of anilines is 1. The second-order valence-corrected chi connectivity index (χ2v) is 11.4. The number of unbranched alkanes of at least 4 members (excludes halogenated alkanes) is 1. The van der Waals surface area contributed by atoms with E-state index in [-0.39, 0.29) is 28.8 Å². The van der Waals surface area contributed by atoms with Gasteiger partial charge in [-0.2, -0.15) is 0 Å². The van der Waals surface area contributed by atoms with Crippen LogP contribution in [0.25, 0.3) is 0 Å². The first-order valence-corrected chi connectivity index (χ1v) is 15.1. The van der Waals surface area contributed by atoms with Crippen LogP contribution in [0.2, 0.25) is 0 Å². The summed E-state index contributed by atoms with van der Waals surface area (Å²) in [5, 5.41) is 2.89. The molecule has 1 atom stereocenters. The number of carbonyl (C=O) groups excluding carboxylic acids is 2. The minimum absolute atomic E-state index is 0.0128. The normalized spacial score (nSPS) is 11.8.